The summed E-state index contributed by atoms with van der Waals surface area (Å²) in [5, 5.41) is 0. The van der Waals surface area contributed by atoms with Gasteiger partial charge in [0.15, 0.2) is 0 Å². The van der Waals surface area contributed by atoms with Crippen molar-refractivity contribution in [2.24, 2.45) is 0 Å². The van der Waals surface area contributed by atoms with Crippen LogP contribution in [-0.2, 0) is 14.3 Å². The molecule has 1 amide bonds. The van der Waals surface area contributed by atoms with E-state index in [-0.39, 0.29) is 24.7 Å². The number of hydrogen-bond acceptors (Lipinski definition) is 4. The lowest BCUT2D eigenvalue weighted by atomic mass is 10.2. The van der Waals surface area contributed by atoms with Gasteiger partial charge in [-0.2, -0.15) is 0 Å². The van der Waals surface area contributed by atoms with E-state index in [1.165, 1.54) is 0 Å². The summed E-state index contributed by atoms with van der Waals surface area (Å²) in [4.78, 5) is 28.1. The van der Waals surface area contributed by atoms with Gasteiger partial charge >= 0.3 is 5.97 Å². The maximum atomic E-state index is 12.2. The third kappa shape index (κ3) is 6.04. The number of likely N-dealkylation sites (tertiary alicyclic amines) is 1. The molecule has 1 saturated heterocycles. The predicted molar refractivity (Wildman–Crippen MR) is 83.0 cm³/mol. The van der Waals surface area contributed by atoms with Crippen LogP contribution < -0.4 is 0 Å². The number of carbonyl (C=O) groups excluding carboxylic acids is 2. The van der Waals surface area contributed by atoms with Crippen LogP contribution in [0.2, 0.25) is 0 Å². The van der Waals surface area contributed by atoms with E-state index in [1.807, 2.05) is 25.7 Å². The Hall–Kier alpha value is -1.10. The molecule has 0 spiro atoms. The zero-order valence-corrected chi connectivity index (χ0v) is 14.1. The molecule has 0 aromatic heterocycles. The van der Waals surface area contributed by atoms with Crippen LogP contribution in [0.5, 0.6) is 0 Å². The highest BCUT2D eigenvalue weighted by molar-refractivity contribution is 5.81. The number of ether oxygens (including phenoxy) is 1. The molecule has 5 nitrogen and oxygen atoms in total. The largest absolute Gasteiger partial charge is 0.460 e. The molecule has 1 unspecified atom stereocenters. The van der Waals surface area contributed by atoms with Crippen molar-refractivity contribution in [3.63, 3.8) is 0 Å². The van der Waals surface area contributed by atoms with Crippen LogP contribution in [0.4, 0.5) is 0 Å². The minimum absolute atomic E-state index is 0.0653. The van der Waals surface area contributed by atoms with E-state index in [2.05, 4.69) is 18.7 Å². The highest BCUT2D eigenvalue weighted by atomic mass is 16.6. The second kappa shape index (κ2) is 7.78. The number of carbonyl (C=O) groups is 2. The first-order chi connectivity index (χ1) is 9.76. The first kappa shape index (κ1) is 18.0. The number of esters is 1. The van der Waals surface area contributed by atoms with E-state index in [9.17, 15) is 9.59 Å². The van der Waals surface area contributed by atoms with E-state index in [4.69, 9.17) is 4.74 Å². The predicted octanol–water partition coefficient (Wildman–Crippen LogP) is 2.05. The molecule has 0 aliphatic carbocycles. The second-order valence-corrected chi connectivity index (χ2v) is 6.59. The Labute approximate surface area is 128 Å². The number of likely N-dealkylation sites (N-methyl/N-ethyl adjacent to an activating group) is 1. The standard InChI is InChI=1S/C16H30N2O3/c1-6-17(7-2)13-10-11-18(12-13)14(19)8-9-15(20)21-16(3,4)5/h13H,6-12H2,1-5H3. The highest BCUT2D eigenvalue weighted by Crippen LogP contribution is 2.17. The van der Waals surface area contributed by atoms with Gasteiger partial charge in [0.1, 0.15) is 5.60 Å². The van der Waals surface area contributed by atoms with Gasteiger partial charge in [-0.1, -0.05) is 13.8 Å². The first-order valence-corrected chi connectivity index (χ1v) is 8.00. The fourth-order valence-electron chi connectivity index (χ4n) is 2.77. The van der Waals surface area contributed by atoms with Crippen LogP contribution in [-0.4, -0.2) is 59.5 Å². The van der Waals surface area contributed by atoms with Gasteiger partial charge in [0.05, 0.1) is 6.42 Å². The molecule has 122 valence electrons. The molecule has 0 bridgehead atoms. The summed E-state index contributed by atoms with van der Waals surface area (Å²) >= 11 is 0. The molecule has 0 saturated carbocycles. The average Bonchev–Trinajstić information content (AvgIpc) is 2.85. The molecular weight excluding hydrogens is 268 g/mol. The zero-order valence-electron chi connectivity index (χ0n) is 14.1. The maximum Gasteiger partial charge on any atom is 0.306 e. The molecule has 1 fully saturated rings. The summed E-state index contributed by atoms with van der Waals surface area (Å²) in [6.07, 6.45) is 1.45. The van der Waals surface area contributed by atoms with Gasteiger partial charge in [0, 0.05) is 25.6 Å². The fourth-order valence-corrected chi connectivity index (χ4v) is 2.77. The van der Waals surface area contributed by atoms with Crippen molar-refractivity contribution in [1.29, 1.82) is 0 Å². The number of hydrogen-bond donors (Lipinski definition) is 0. The SMILES string of the molecule is CCN(CC)C1CCN(C(=O)CCC(=O)OC(C)(C)C)C1. The fraction of sp³-hybridized carbons (Fsp3) is 0.875. The summed E-state index contributed by atoms with van der Waals surface area (Å²) in [6.45, 7) is 13.4. The molecule has 1 aliphatic rings. The van der Waals surface area contributed by atoms with Crippen molar-refractivity contribution in [1.82, 2.24) is 9.80 Å². The third-order valence-corrected chi connectivity index (χ3v) is 3.81. The summed E-state index contributed by atoms with van der Waals surface area (Å²) in [7, 11) is 0. The quantitative estimate of drug-likeness (QED) is 0.704. The average molecular weight is 298 g/mol. The van der Waals surface area contributed by atoms with Crippen LogP contribution in [0.1, 0.15) is 53.9 Å². The van der Waals surface area contributed by atoms with Crippen molar-refractivity contribution < 1.29 is 14.3 Å². The van der Waals surface area contributed by atoms with E-state index in [0.29, 0.717) is 6.04 Å². The topological polar surface area (TPSA) is 49.9 Å². The van der Waals surface area contributed by atoms with E-state index in [1.54, 1.807) is 0 Å². The van der Waals surface area contributed by atoms with E-state index >= 15 is 0 Å². The Bertz CT molecular complexity index is 359. The summed E-state index contributed by atoms with van der Waals surface area (Å²) < 4.78 is 5.23. The number of amides is 1. The van der Waals surface area contributed by atoms with Crippen LogP contribution in [0, 0.1) is 0 Å². The van der Waals surface area contributed by atoms with Gasteiger partial charge in [-0.25, -0.2) is 0 Å². The van der Waals surface area contributed by atoms with Crippen molar-refractivity contribution in [3.05, 3.63) is 0 Å². The minimum Gasteiger partial charge on any atom is -0.460 e. The monoisotopic (exact) mass is 298 g/mol. The molecule has 21 heavy (non-hydrogen) atoms. The van der Waals surface area contributed by atoms with Crippen molar-refractivity contribution in [3.8, 4) is 0 Å². The Morgan fingerprint density at radius 1 is 1.19 bits per heavy atom. The van der Waals surface area contributed by atoms with Gasteiger partial charge in [0.2, 0.25) is 5.91 Å². The Morgan fingerprint density at radius 2 is 1.81 bits per heavy atom. The molecule has 1 aliphatic heterocycles. The lowest BCUT2D eigenvalue weighted by Crippen LogP contribution is -2.38. The van der Waals surface area contributed by atoms with E-state index in [0.717, 1.165) is 32.6 Å². The summed E-state index contributed by atoms with van der Waals surface area (Å²) in [5.74, 6) is -0.231. The molecule has 1 heterocycles. The van der Waals surface area contributed by atoms with Crippen molar-refractivity contribution >= 4 is 11.9 Å². The third-order valence-electron chi connectivity index (χ3n) is 3.81. The minimum atomic E-state index is -0.485. The van der Waals surface area contributed by atoms with Gasteiger partial charge in [-0.05, 0) is 40.3 Å². The lowest BCUT2D eigenvalue weighted by molar-refractivity contribution is -0.156. The number of rotatable bonds is 6. The zero-order chi connectivity index (χ0) is 16.0. The Balaban J connectivity index is 2.36. The Morgan fingerprint density at radius 3 is 2.33 bits per heavy atom. The van der Waals surface area contributed by atoms with Gasteiger partial charge in [-0.15, -0.1) is 0 Å². The summed E-state index contributed by atoms with van der Waals surface area (Å²) in [5.41, 5.74) is -0.485. The van der Waals surface area contributed by atoms with Crippen molar-refractivity contribution in [2.45, 2.75) is 65.5 Å². The molecule has 0 aromatic rings. The lowest BCUT2D eigenvalue weighted by Gasteiger charge is -2.26. The molecule has 0 aromatic carbocycles. The Kier molecular flexibility index (Phi) is 6.65. The van der Waals surface area contributed by atoms with Gasteiger partial charge in [-0.3, -0.25) is 14.5 Å². The normalized spacial score (nSPS) is 19.1. The molecule has 1 atom stereocenters. The van der Waals surface area contributed by atoms with Crippen LogP contribution in [0.3, 0.4) is 0 Å². The molecular formula is C16H30N2O3. The van der Waals surface area contributed by atoms with Crippen molar-refractivity contribution in [2.75, 3.05) is 26.2 Å². The van der Waals surface area contributed by atoms with Crippen LogP contribution in [0.25, 0.3) is 0 Å². The number of nitrogens with zero attached hydrogens (tertiary/aromatic N) is 2. The smallest absolute Gasteiger partial charge is 0.306 e. The van der Waals surface area contributed by atoms with E-state index < -0.39 is 5.60 Å². The molecule has 5 heteroatoms. The van der Waals surface area contributed by atoms with Crippen LogP contribution in [0.15, 0.2) is 0 Å². The highest BCUT2D eigenvalue weighted by Gasteiger charge is 2.29. The molecule has 1 rings (SSSR count). The van der Waals surface area contributed by atoms with Crippen LogP contribution >= 0.6 is 0 Å². The second-order valence-electron chi connectivity index (χ2n) is 6.59. The first-order valence-electron chi connectivity index (χ1n) is 8.00. The van der Waals surface area contributed by atoms with Gasteiger partial charge < -0.3 is 9.64 Å². The molecule has 0 N–H and O–H groups in total. The maximum absolute atomic E-state index is 12.2. The van der Waals surface area contributed by atoms with Gasteiger partial charge in [0.25, 0.3) is 0 Å². The molecule has 0 radical (unpaired) electrons. The summed E-state index contributed by atoms with van der Waals surface area (Å²) in [6, 6.07) is 0.463.